The number of benzene rings is 1. The Morgan fingerprint density at radius 3 is 2.41 bits per heavy atom. The van der Waals surface area contributed by atoms with Crippen molar-refractivity contribution in [1.29, 1.82) is 0 Å². The fourth-order valence-corrected chi connectivity index (χ4v) is 1.62. The summed E-state index contributed by atoms with van der Waals surface area (Å²) in [6.07, 6.45) is 2.18. The molecule has 1 aromatic rings. The molecule has 1 rings (SSSR count). The van der Waals surface area contributed by atoms with Crippen LogP contribution in [0.25, 0.3) is 0 Å². The van der Waals surface area contributed by atoms with E-state index in [2.05, 4.69) is 6.92 Å². The number of rotatable bonds is 6. The number of anilines is 1. The topological polar surface area (TPSA) is 23.6 Å². The maximum Gasteiger partial charge on any atom is 0.241 e. The second kappa shape index (κ2) is 6.94. The fourth-order valence-electron chi connectivity index (χ4n) is 1.62. The highest BCUT2D eigenvalue weighted by molar-refractivity contribution is 5.81. The predicted molar refractivity (Wildman–Crippen MR) is 72.3 cm³/mol. The van der Waals surface area contributed by atoms with Gasteiger partial charge in [-0.05, 0) is 18.6 Å². The number of unbranched alkanes of at least 4 members (excludes halogenated alkanes) is 1. The van der Waals surface area contributed by atoms with E-state index in [4.69, 9.17) is 0 Å². The number of amides is 1. The lowest BCUT2D eigenvalue weighted by Gasteiger charge is -2.23. The van der Waals surface area contributed by atoms with Crippen LogP contribution in [-0.2, 0) is 4.79 Å². The van der Waals surface area contributed by atoms with Crippen molar-refractivity contribution in [3.05, 3.63) is 30.3 Å². The Labute approximate surface area is 104 Å². The molecule has 0 saturated carbocycles. The summed E-state index contributed by atoms with van der Waals surface area (Å²) in [4.78, 5) is 15.7. The molecule has 0 aliphatic rings. The Hall–Kier alpha value is -1.51. The van der Waals surface area contributed by atoms with Gasteiger partial charge >= 0.3 is 0 Å². The monoisotopic (exact) mass is 234 g/mol. The van der Waals surface area contributed by atoms with Gasteiger partial charge in [0.15, 0.2) is 0 Å². The molecular formula is C14H22N2O. The van der Waals surface area contributed by atoms with Crippen LogP contribution in [0.4, 0.5) is 5.69 Å². The SMILES string of the molecule is CCCCN(C)C(=O)CN(C)c1ccccc1. The minimum atomic E-state index is 0.171. The highest BCUT2D eigenvalue weighted by atomic mass is 16.2. The van der Waals surface area contributed by atoms with E-state index in [9.17, 15) is 4.79 Å². The van der Waals surface area contributed by atoms with E-state index in [-0.39, 0.29) is 5.91 Å². The first-order valence-corrected chi connectivity index (χ1v) is 6.15. The van der Waals surface area contributed by atoms with Crippen molar-refractivity contribution in [3.63, 3.8) is 0 Å². The van der Waals surface area contributed by atoms with Gasteiger partial charge in [0.1, 0.15) is 0 Å². The molecule has 3 nitrogen and oxygen atoms in total. The molecule has 0 fully saturated rings. The summed E-state index contributed by atoms with van der Waals surface area (Å²) < 4.78 is 0. The molecule has 0 spiro atoms. The molecule has 0 atom stereocenters. The lowest BCUT2D eigenvalue weighted by atomic mass is 10.3. The van der Waals surface area contributed by atoms with E-state index in [1.165, 1.54) is 0 Å². The van der Waals surface area contributed by atoms with Gasteiger partial charge in [0.2, 0.25) is 5.91 Å². The summed E-state index contributed by atoms with van der Waals surface area (Å²) in [7, 11) is 3.82. The predicted octanol–water partition coefficient (Wildman–Crippen LogP) is 2.38. The molecule has 17 heavy (non-hydrogen) atoms. The highest BCUT2D eigenvalue weighted by Crippen LogP contribution is 2.10. The molecule has 3 heteroatoms. The summed E-state index contributed by atoms with van der Waals surface area (Å²) in [6.45, 7) is 3.41. The lowest BCUT2D eigenvalue weighted by molar-refractivity contribution is -0.128. The molecular weight excluding hydrogens is 212 g/mol. The van der Waals surface area contributed by atoms with Gasteiger partial charge in [0.05, 0.1) is 6.54 Å². The van der Waals surface area contributed by atoms with Gasteiger partial charge in [-0.3, -0.25) is 4.79 Å². The summed E-state index contributed by atoms with van der Waals surface area (Å²) in [5.41, 5.74) is 1.07. The van der Waals surface area contributed by atoms with Crippen LogP contribution in [-0.4, -0.2) is 38.0 Å². The zero-order valence-electron chi connectivity index (χ0n) is 11.0. The van der Waals surface area contributed by atoms with Crippen molar-refractivity contribution < 1.29 is 4.79 Å². The normalized spacial score (nSPS) is 10.1. The average molecular weight is 234 g/mol. The summed E-state index contributed by atoms with van der Waals surface area (Å²) in [5.74, 6) is 0.171. The number of carbonyl (C=O) groups excluding carboxylic acids is 1. The van der Waals surface area contributed by atoms with Gasteiger partial charge in [-0.2, -0.15) is 0 Å². The first kappa shape index (κ1) is 13.6. The van der Waals surface area contributed by atoms with E-state index in [0.29, 0.717) is 6.54 Å². The van der Waals surface area contributed by atoms with Crippen molar-refractivity contribution in [2.75, 3.05) is 32.1 Å². The second-order valence-electron chi connectivity index (χ2n) is 4.36. The third-order valence-corrected chi connectivity index (χ3v) is 2.84. The van der Waals surface area contributed by atoms with Crippen molar-refractivity contribution in [1.82, 2.24) is 4.90 Å². The van der Waals surface area contributed by atoms with Gasteiger partial charge in [-0.25, -0.2) is 0 Å². The van der Waals surface area contributed by atoms with Gasteiger partial charge in [-0.15, -0.1) is 0 Å². The van der Waals surface area contributed by atoms with Gasteiger partial charge < -0.3 is 9.80 Å². The van der Waals surface area contributed by atoms with E-state index in [0.717, 1.165) is 25.1 Å². The first-order chi connectivity index (χ1) is 8.15. The van der Waals surface area contributed by atoms with Gasteiger partial charge in [-0.1, -0.05) is 31.5 Å². The molecule has 0 N–H and O–H groups in total. The van der Waals surface area contributed by atoms with Crippen LogP contribution in [0, 0.1) is 0 Å². The molecule has 0 bridgehead atoms. The third kappa shape index (κ3) is 4.47. The maximum absolute atomic E-state index is 11.9. The Bertz CT molecular complexity index is 337. The fraction of sp³-hybridized carbons (Fsp3) is 0.500. The van der Waals surface area contributed by atoms with Crippen LogP contribution < -0.4 is 4.90 Å². The van der Waals surface area contributed by atoms with Gasteiger partial charge in [0.25, 0.3) is 0 Å². The third-order valence-electron chi connectivity index (χ3n) is 2.84. The Morgan fingerprint density at radius 1 is 1.18 bits per heavy atom. The minimum absolute atomic E-state index is 0.171. The maximum atomic E-state index is 11.9. The van der Waals surface area contributed by atoms with Crippen molar-refractivity contribution >= 4 is 11.6 Å². The van der Waals surface area contributed by atoms with Crippen LogP contribution in [0.5, 0.6) is 0 Å². The van der Waals surface area contributed by atoms with E-state index in [1.54, 1.807) is 0 Å². The van der Waals surface area contributed by atoms with Crippen LogP contribution in [0.15, 0.2) is 30.3 Å². The molecule has 0 unspecified atom stereocenters. The smallest absolute Gasteiger partial charge is 0.241 e. The van der Waals surface area contributed by atoms with E-state index < -0.39 is 0 Å². The molecule has 1 amide bonds. The van der Waals surface area contributed by atoms with Crippen LogP contribution in [0.3, 0.4) is 0 Å². The number of carbonyl (C=O) groups is 1. The second-order valence-corrected chi connectivity index (χ2v) is 4.36. The Kier molecular flexibility index (Phi) is 5.53. The molecule has 0 saturated heterocycles. The minimum Gasteiger partial charge on any atom is -0.365 e. The molecule has 0 aliphatic heterocycles. The zero-order chi connectivity index (χ0) is 12.7. The van der Waals surface area contributed by atoms with Crippen LogP contribution in [0.1, 0.15) is 19.8 Å². The largest absolute Gasteiger partial charge is 0.365 e. The summed E-state index contributed by atoms with van der Waals surface area (Å²) in [5, 5.41) is 0. The lowest BCUT2D eigenvalue weighted by Crippen LogP contribution is -2.37. The molecule has 0 aromatic heterocycles. The Balaban J connectivity index is 2.46. The molecule has 1 aromatic carbocycles. The van der Waals surface area contributed by atoms with Crippen molar-refractivity contribution in [2.45, 2.75) is 19.8 Å². The zero-order valence-corrected chi connectivity index (χ0v) is 11.0. The van der Waals surface area contributed by atoms with Crippen LogP contribution >= 0.6 is 0 Å². The molecule has 0 heterocycles. The molecule has 0 radical (unpaired) electrons. The van der Waals surface area contributed by atoms with E-state index >= 15 is 0 Å². The quantitative estimate of drug-likeness (QED) is 0.754. The molecule has 0 aliphatic carbocycles. The standard InChI is InChI=1S/C14H22N2O/c1-4-5-11-15(2)14(17)12-16(3)13-9-7-6-8-10-13/h6-10H,4-5,11-12H2,1-3H3. The molecule has 94 valence electrons. The number of para-hydroxylation sites is 1. The number of nitrogens with zero attached hydrogens (tertiary/aromatic N) is 2. The first-order valence-electron chi connectivity index (χ1n) is 6.15. The Morgan fingerprint density at radius 2 is 1.82 bits per heavy atom. The number of likely N-dealkylation sites (N-methyl/N-ethyl adjacent to an activating group) is 2. The van der Waals surface area contributed by atoms with Gasteiger partial charge in [0, 0.05) is 26.3 Å². The van der Waals surface area contributed by atoms with Crippen molar-refractivity contribution in [3.8, 4) is 0 Å². The average Bonchev–Trinajstić information content (AvgIpc) is 2.36. The highest BCUT2D eigenvalue weighted by Gasteiger charge is 2.11. The number of hydrogen-bond donors (Lipinski definition) is 0. The van der Waals surface area contributed by atoms with Crippen LogP contribution in [0.2, 0.25) is 0 Å². The van der Waals surface area contributed by atoms with Crippen molar-refractivity contribution in [2.24, 2.45) is 0 Å². The van der Waals surface area contributed by atoms with E-state index in [1.807, 2.05) is 54.2 Å². The summed E-state index contributed by atoms with van der Waals surface area (Å²) in [6, 6.07) is 9.97. The summed E-state index contributed by atoms with van der Waals surface area (Å²) >= 11 is 0. The number of hydrogen-bond acceptors (Lipinski definition) is 2.